The van der Waals surface area contributed by atoms with Crippen LogP contribution in [-0.4, -0.2) is 12.6 Å². The second-order valence-electron chi connectivity index (χ2n) is 5.49. The summed E-state index contributed by atoms with van der Waals surface area (Å²) in [6.07, 6.45) is 10.3. The molecule has 0 amide bonds. The molecule has 0 saturated carbocycles. The van der Waals surface area contributed by atoms with E-state index in [9.17, 15) is 4.39 Å². The number of hydrogen-bond donors (Lipinski definition) is 2. The van der Waals surface area contributed by atoms with Crippen LogP contribution in [0.5, 0.6) is 0 Å². The van der Waals surface area contributed by atoms with E-state index in [4.69, 9.17) is 5.73 Å². The van der Waals surface area contributed by atoms with Crippen LogP contribution < -0.4 is 11.1 Å². The molecule has 0 bridgehead atoms. The summed E-state index contributed by atoms with van der Waals surface area (Å²) in [4.78, 5) is 0. The van der Waals surface area contributed by atoms with Gasteiger partial charge in [0.25, 0.3) is 0 Å². The fourth-order valence-corrected chi connectivity index (χ4v) is 2.38. The summed E-state index contributed by atoms with van der Waals surface area (Å²) >= 11 is 0. The van der Waals surface area contributed by atoms with Crippen molar-refractivity contribution >= 4 is 5.69 Å². The van der Waals surface area contributed by atoms with E-state index in [-0.39, 0.29) is 11.9 Å². The Labute approximate surface area is 123 Å². The van der Waals surface area contributed by atoms with Gasteiger partial charge >= 0.3 is 0 Å². The first-order valence-electron chi connectivity index (χ1n) is 7.98. The second kappa shape index (κ2) is 10.7. The van der Waals surface area contributed by atoms with Gasteiger partial charge in [0.05, 0.1) is 0 Å². The van der Waals surface area contributed by atoms with E-state index < -0.39 is 0 Å². The van der Waals surface area contributed by atoms with Crippen LogP contribution in [0.4, 0.5) is 10.1 Å². The fraction of sp³-hybridized carbons (Fsp3) is 0.647. The Morgan fingerprint density at radius 2 is 1.60 bits per heavy atom. The van der Waals surface area contributed by atoms with E-state index in [0.29, 0.717) is 6.54 Å². The van der Waals surface area contributed by atoms with Crippen LogP contribution in [0.2, 0.25) is 0 Å². The Bertz CT molecular complexity index is 337. The molecule has 0 heterocycles. The number of rotatable bonds is 11. The molecule has 0 aliphatic heterocycles. The third kappa shape index (κ3) is 7.49. The molecule has 114 valence electrons. The van der Waals surface area contributed by atoms with Gasteiger partial charge in [-0.1, -0.05) is 51.9 Å². The van der Waals surface area contributed by atoms with Gasteiger partial charge in [0.2, 0.25) is 0 Å². The third-order valence-corrected chi connectivity index (χ3v) is 3.66. The molecule has 1 aromatic rings. The lowest BCUT2D eigenvalue weighted by molar-refractivity contribution is 0.547. The van der Waals surface area contributed by atoms with Crippen molar-refractivity contribution in [2.45, 2.75) is 64.3 Å². The normalized spacial score (nSPS) is 12.3. The molecule has 0 spiro atoms. The van der Waals surface area contributed by atoms with E-state index in [1.807, 2.05) is 0 Å². The van der Waals surface area contributed by atoms with Crippen molar-refractivity contribution in [1.82, 2.24) is 0 Å². The van der Waals surface area contributed by atoms with Crippen LogP contribution in [0.25, 0.3) is 0 Å². The van der Waals surface area contributed by atoms with E-state index in [0.717, 1.165) is 12.1 Å². The molecule has 0 radical (unpaired) electrons. The maximum absolute atomic E-state index is 12.8. The topological polar surface area (TPSA) is 38.0 Å². The van der Waals surface area contributed by atoms with Crippen molar-refractivity contribution in [3.8, 4) is 0 Å². The SMILES string of the molecule is CCCCCCCCCC(CN)Nc1ccc(F)cc1. The highest BCUT2D eigenvalue weighted by atomic mass is 19.1. The van der Waals surface area contributed by atoms with E-state index in [2.05, 4.69) is 12.2 Å². The highest BCUT2D eigenvalue weighted by Gasteiger charge is 2.06. The van der Waals surface area contributed by atoms with Gasteiger partial charge in [-0.15, -0.1) is 0 Å². The van der Waals surface area contributed by atoms with E-state index in [1.165, 1.54) is 57.1 Å². The molecule has 1 aromatic carbocycles. The van der Waals surface area contributed by atoms with Gasteiger partial charge in [0.1, 0.15) is 5.82 Å². The minimum Gasteiger partial charge on any atom is -0.381 e. The standard InChI is InChI=1S/C17H29FN2/c1-2-3-4-5-6-7-8-9-17(14-19)20-16-12-10-15(18)11-13-16/h10-13,17,20H,2-9,14,19H2,1H3. The van der Waals surface area contributed by atoms with Crippen molar-refractivity contribution < 1.29 is 4.39 Å². The first-order valence-corrected chi connectivity index (χ1v) is 7.98. The van der Waals surface area contributed by atoms with Gasteiger partial charge in [0.15, 0.2) is 0 Å². The Morgan fingerprint density at radius 3 is 2.20 bits per heavy atom. The maximum Gasteiger partial charge on any atom is 0.123 e. The number of anilines is 1. The van der Waals surface area contributed by atoms with Gasteiger partial charge in [-0.05, 0) is 30.7 Å². The second-order valence-corrected chi connectivity index (χ2v) is 5.49. The number of nitrogens with two attached hydrogens (primary N) is 1. The summed E-state index contributed by atoms with van der Waals surface area (Å²) in [6.45, 7) is 2.86. The minimum atomic E-state index is -0.202. The highest BCUT2D eigenvalue weighted by molar-refractivity contribution is 5.43. The van der Waals surface area contributed by atoms with Crippen LogP contribution >= 0.6 is 0 Å². The minimum absolute atomic E-state index is 0.202. The Balaban J connectivity index is 2.14. The predicted molar refractivity (Wildman–Crippen MR) is 85.5 cm³/mol. The molecule has 1 rings (SSSR count). The number of halogens is 1. The summed E-state index contributed by atoms with van der Waals surface area (Å²) in [5.74, 6) is -0.202. The smallest absolute Gasteiger partial charge is 0.123 e. The van der Waals surface area contributed by atoms with Crippen LogP contribution in [0.3, 0.4) is 0 Å². The molecule has 1 atom stereocenters. The molecule has 0 saturated heterocycles. The number of benzene rings is 1. The van der Waals surface area contributed by atoms with Crippen molar-refractivity contribution in [1.29, 1.82) is 0 Å². The molecule has 0 aliphatic rings. The molecule has 2 nitrogen and oxygen atoms in total. The van der Waals surface area contributed by atoms with Crippen LogP contribution in [0, 0.1) is 5.82 Å². The summed E-state index contributed by atoms with van der Waals surface area (Å²) in [6, 6.07) is 6.77. The first-order chi connectivity index (χ1) is 9.76. The summed E-state index contributed by atoms with van der Waals surface area (Å²) in [7, 11) is 0. The third-order valence-electron chi connectivity index (χ3n) is 3.66. The van der Waals surface area contributed by atoms with Gasteiger partial charge < -0.3 is 11.1 Å². The molecule has 3 heteroatoms. The molecule has 0 aliphatic carbocycles. The number of hydrogen-bond acceptors (Lipinski definition) is 2. The van der Waals surface area contributed by atoms with Gasteiger partial charge in [0, 0.05) is 18.3 Å². The van der Waals surface area contributed by atoms with Crippen molar-refractivity contribution in [3.05, 3.63) is 30.1 Å². The lowest BCUT2D eigenvalue weighted by Crippen LogP contribution is -2.28. The van der Waals surface area contributed by atoms with Crippen molar-refractivity contribution in [2.24, 2.45) is 5.73 Å². The lowest BCUT2D eigenvalue weighted by atomic mass is 10.0. The van der Waals surface area contributed by atoms with Crippen LogP contribution in [0.1, 0.15) is 58.3 Å². The Morgan fingerprint density at radius 1 is 1.00 bits per heavy atom. The molecule has 0 aromatic heterocycles. The largest absolute Gasteiger partial charge is 0.381 e. The molecule has 1 unspecified atom stereocenters. The molecular formula is C17H29FN2. The fourth-order valence-electron chi connectivity index (χ4n) is 2.38. The quantitative estimate of drug-likeness (QED) is 0.576. The molecule has 3 N–H and O–H groups in total. The van der Waals surface area contributed by atoms with Gasteiger partial charge in [-0.25, -0.2) is 4.39 Å². The van der Waals surface area contributed by atoms with E-state index >= 15 is 0 Å². The zero-order valence-corrected chi connectivity index (χ0v) is 12.7. The highest BCUT2D eigenvalue weighted by Crippen LogP contribution is 2.14. The van der Waals surface area contributed by atoms with Gasteiger partial charge in [-0.3, -0.25) is 0 Å². The summed E-state index contributed by atoms with van der Waals surface area (Å²) in [5.41, 5.74) is 6.74. The monoisotopic (exact) mass is 280 g/mol. The zero-order valence-electron chi connectivity index (χ0n) is 12.7. The van der Waals surface area contributed by atoms with Crippen molar-refractivity contribution in [3.63, 3.8) is 0 Å². The predicted octanol–water partition coefficient (Wildman–Crippen LogP) is 4.71. The van der Waals surface area contributed by atoms with E-state index in [1.54, 1.807) is 12.1 Å². The number of nitrogens with one attached hydrogen (secondary N) is 1. The van der Waals surface area contributed by atoms with Crippen LogP contribution in [-0.2, 0) is 0 Å². The number of unbranched alkanes of at least 4 members (excludes halogenated alkanes) is 6. The summed E-state index contributed by atoms with van der Waals surface area (Å²) in [5, 5.41) is 3.38. The molecule has 20 heavy (non-hydrogen) atoms. The van der Waals surface area contributed by atoms with Crippen LogP contribution in [0.15, 0.2) is 24.3 Å². The zero-order chi connectivity index (χ0) is 14.6. The molecular weight excluding hydrogens is 251 g/mol. The summed E-state index contributed by atoms with van der Waals surface area (Å²) < 4.78 is 12.8. The Hall–Kier alpha value is -1.09. The average molecular weight is 280 g/mol. The average Bonchev–Trinajstić information content (AvgIpc) is 2.47. The van der Waals surface area contributed by atoms with Crippen molar-refractivity contribution in [2.75, 3.05) is 11.9 Å². The van der Waals surface area contributed by atoms with Gasteiger partial charge in [-0.2, -0.15) is 0 Å². The first kappa shape index (κ1) is 17.0. The Kier molecular flexibility index (Phi) is 9.05. The lowest BCUT2D eigenvalue weighted by Gasteiger charge is -2.18. The maximum atomic E-state index is 12.8. The molecule has 0 fully saturated rings.